The molecule has 4 rings (SSSR count). The lowest BCUT2D eigenvalue weighted by molar-refractivity contribution is -0.293. The van der Waals surface area contributed by atoms with Crippen LogP contribution in [0.15, 0.2) is 58.5 Å². The van der Waals surface area contributed by atoms with E-state index in [0.717, 1.165) is 0 Å². The van der Waals surface area contributed by atoms with Crippen molar-refractivity contribution in [3.8, 4) is 0 Å². The van der Waals surface area contributed by atoms with Gasteiger partial charge in [-0.2, -0.15) is 26.3 Å². The first kappa shape index (κ1) is 24.8. The van der Waals surface area contributed by atoms with Gasteiger partial charge >= 0.3 is 18.0 Å². The normalized spacial score (nSPS) is 20.8. The van der Waals surface area contributed by atoms with Crippen LogP contribution in [-0.4, -0.2) is 53.8 Å². The Morgan fingerprint density at radius 2 is 1.59 bits per heavy atom. The Morgan fingerprint density at radius 3 is 2.15 bits per heavy atom. The average Bonchev–Trinajstić information content (AvgIpc) is 3.26. The second-order valence-electron chi connectivity index (χ2n) is 7.77. The van der Waals surface area contributed by atoms with E-state index in [0.29, 0.717) is 19.4 Å². The number of rotatable bonds is 4. The zero-order chi connectivity index (χ0) is 24.7. The third-order valence-electron chi connectivity index (χ3n) is 5.45. The summed E-state index contributed by atoms with van der Waals surface area (Å²) in [6.07, 6.45) is -10.9. The fraction of sp³-hybridized carbons (Fsp3) is 0.364. The maximum absolute atomic E-state index is 14.1. The summed E-state index contributed by atoms with van der Waals surface area (Å²) in [5, 5.41) is 0.00171. The van der Waals surface area contributed by atoms with Gasteiger partial charge in [0.1, 0.15) is 11.7 Å². The number of alkyl halides is 6. The molecule has 0 N–H and O–H groups in total. The lowest BCUT2D eigenvalue weighted by Crippen LogP contribution is -2.60. The summed E-state index contributed by atoms with van der Waals surface area (Å²) in [5.74, 6) is -1.16. The molecule has 0 aliphatic carbocycles. The first-order valence-corrected chi connectivity index (χ1v) is 10.9. The summed E-state index contributed by atoms with van der Waals surface area (Å²) in [6, 6.07) is 11.1. The van der Waals surface area contributed by atoms with E-state index in [1.54, 1.807) is 6.07 Å². The molecule has 2 aliphatic rings. The SMILES string of the molecule is FC(F)(F)C1(C(F)(F)F)N=C(c2ccccc2)N(CC2CCCO2)C(c2ccc(Cl)cc2Cl)=N1. The Kier molecular flexibility index (Phi) is 6.61. The Morgan fingerprint density at radius 1 is 0.941 bits per heavy atom. The largest absolute Gasteiger partial charge is 0.443 e. The molecule has 1 fully saturated rings. The number of nitrogens with zero attached hydrogens (tertiary/aromatic N) is 3. The van der Waals surface area contributed by atoms with E-state index in [1.165, 1.54) is 47.4 Å². The van der Waals surface area contributed by atoms with Gasteiger partial charge in [0.05, 0.1) is 17.7 Å². The van der Waals surface area contributed by atoms with E-state index >= 15 is 0 Å². The smallest absolute Gasteiger partial charge is 0.376 e. The minimum atomic E-state index is -5.88. The maximum atomic E-state index is 14.1. The standard InChI is InChI=1S/C22H17Cl2F6N3O/c23-14-8-9-16(17(24)11-14)19-32-20(21(25,26)27,22(28,29)30)31-18(13-5-2-1-3-6-13)33(19)12-15-7-4-10-34-15/h1-3,5-6,8-9,11,15H,4,7,10,12H2. The second-order valence-corrected chi connectivity index (χ2v) is 8.62. The van der Waals surface area contributed by atoms with Crippen molar-refractivity contribution in [2.24, 2.45) is 9.98 Å². The first-order valence-electron chi connectivity index (χ1n) is 10.2. The topological polar surface area (TPSA) is 37.2 Å². The van der Waals surface area contributed by atoms with E-state index in [2.05, 4.69) is 9.98 Å². The highest BCUT2D eigenvalue weighted by Gasteiger charge is 2.74. The highest BCUT2D eigenvalue weighted by molar-refractivity contribution is 6.37. The fourth-order valence-corrected chi connectivity index (χ4v) is 4.31. The number of benzene rings is 2. The van der Waals surface area contributed by atoms with Gasteiger partial charge in [-0.25, -0.2) is 9.98 Å². The lowest BCUT2D eigenvalue weighted by atomic mass is 10.0. The zero-order valence-corrected chi connectivity index (χ0v) is 18.8. The van der Waals surface area contributed by atoms with E-state index in [9.17, 15) is 26.3 Å². The lowest BCUT2D eigenvalue weighted by Gasteiger charge is -2.40. The molecule has 0 amide bonds. The molecule has 2 heterocycles. The highest BCUT2D eigenvalue weighted by atomic mass is 35.5. The predicted octanol–water partition coefficient (Wildman–Crippen LogP) is 6.50. The number of hydrogen-bond acceptors (Lipinski definition) is 4. The van der Waals surface area contributed by atoms with Crippen molar-refractivity contribution < 1.29 is 31.1 Å². The van der Waals surface area contributed by atoms with Crippen LogP contribution < -0.4 is 0 Å². The molecule has 0 saturated carbocycles. The Labute approximate surface area is 200 Å². The molecule has 1 saturated heterocycles. The fourth-order valence-electron chi connectivity index (χ4n) is 3.82. The molecule has 2 aliphatic heterocycles. The van der Waals surface area contributed by atoms with Crippen molar-refractivity contribution >= 4 is 34.9 Å². The number of amidine groups is 2. The van der Waals surface area contributed by atoms with Crippen molar-refractivity contribution in [2.75, 3.05) is 13.2 Å². The number of halogens is 8. The molecule has 4 nitrogen and oxygen atoms in total. The summed E-state index contributed by atoms with van der Waals surface area (Å²) < 4.78 is 90.4. The molecule has 0 radical (unpaired) electrons. The van der Waals surface area contributed by atoms with Gasteiger partial charge in [0.15, 0.2) is 0 Å². The van der Waals surface area contributed by atoms with Crippen LogP contribution in [0.4, 0.5) is 26.3 Å². The average molecular weight is 524 g/mol. The number of hydrogen-bond donors (Lipinski definition) is 0. The van der Waals surface area contributed by atoms with Gasteiger partial charge in [-0.3, -0.25) is 0 Å². The molecule has 2 aromatic carbocycles. The second kappa shape index (κ2) is 9.05. The molecule has 182 valence electrons. The van der Waals surface area contributed by atoms with Crippen LogP contribution in [0.1, 0.15) is 24.0 Å². The van der Waals surface area contributed by atoms with Crippen LogP contribution in [0.25, 0.3) is 0 Å². The van der Waals surface area contributed by atoms with Crippen molar-refractivity contribution in [1.82, 2.24) is 4.90 Å². The van der Waals surface area contributed by atoms with Crippen molar-refractivity contribution in [1.29, 1.82) is 0 Å². The van der Waals surface area contributed by atoms with Crippen LogP contribution in [0.5, 0.6) is 0 Å². The van der Waals surface area contributed by atoms with E-state index < -0.39 is 35.8 Å². The minimum Gasteiger partial charge on any atom is -0.376 e. The summed E-state index contributed by atoms with van der Waals surface area (Å²) in [4.78, 5) is 7.70. The third-order valence-corrected chi connectivity index (χ3v) is 6.00. The first-order chi connectivity index (χ1) is 15.9. The van der Waals surface area contributed by atoms with Crippen LogP contribution in [-0.2, 0) is 4.74 Å². The monoisotopic (exact) mass is 523 g/mol. The Bertz CT molecular complexity index is 1100. The molecule has 2 aromatic rings. The quantitative estimate of drug-likeness (QED) is 0.429. The van der Waals surface area contributed by atoms with E-state index in [1.807, 2.05) is 0 Å². The zero-order valence-electron chi connectivity index (χ0n) is 17.3. The maximum Gasteiger partial charge on any atom is 0.443 e. The number of ether oxygens (including phenoxy) is 1. The van der Waals surface area contributed by atoms with E-state index in [4.69, 9.17) is 27.9 Å². The van der Waals surface area contributed by atoms with Crippen molar-refractivity contribution in [3.05, 3.63) is 69.7 Å². The van der Waals surface area contributed by atoms with Gasteiger partial charge in [0.2, 0.25) is 0 Å². The van der Waals surface area contributed by atoms with Crippen molar-refractivity contribution in [3.63, 3.8) is 0 Å². The van der Waals surface area contributed by atoms with Gasteiger partial charge in [-0.05, 0) is 31.0 Å². The Balaban J connectivity index is 2.01. The number of aliphatic imine (C=N–C) groups is 2. The third kappa shape index (κ3) is 4.50. The molecule has 34 heavy (non-hydrogen) atoms. The van der Waals surface area contributed by atoms with E-state index in [-0.39, 0.29) is 27.7 Å². The highest BCUT2D eigenvalue weighted by Crippen LogP contribution is 2.49. The summed E-state index contributed by atoms with van der Waals surface area (Å²) >= 11 is 12.1. The molecule has 1 unspecified atom stereocenters. The molecule has 0 aromatic heterocycles. The van der Waals surface area contributed by atoms with Gasteiger partial charge < -0.3 is 9.64 Å². The summed E-state index contributed by atoms with van der Waals surface area (Å²) in [7, 11) is 0. The van der Waals surface area contributed by atoms with Crippen molar-refractivity contribution in [2.45, 2.75) is 37.0 Å². The molecular weight excluding hydrogens is 507 g/mol. The molecule has 12 heteroatoms. The Hall–Kier alpha value is -2.30. The molecule has 0 spiro atoms. The molecule has 0 bridgehead atoms. The van der Waals surface area contributed by atoms with Gasteiger partial charge in [-0.1, -0.05) is 53.5 Å². The predicted molar refractivity (Wildman–Crippen MR) is 116 cm³/mol. The van der Waals surface area contributed by atoms with Crippen LogP contribution in [0.2, 0.25) is 10.0 Å². The van der Waals surface area contributed by atoms with Gasteiger partial charge in [-0.15, -0.1) is 0 Å². The van der Waals surface area contributed by atoms with Gasteiger partial charge in [0.25, 0.3) is 0 Å². The van der Waals surface area contributed by atoms with Crippen LogP contribution in [0.3, 0.4) is 0 Å². The van der Waals surface area contributed by atoms with Crippen LogP contribution in [0, 0.1) is 0 Å². The summed E-state index contributed by atoms with van der Waals surface area (Å²) in [5.41, 5.74) is -4.82. The minimum absolute atomic E-state index is 0.0517. The molecular formula is C22H17Cl2F6N3O. The van der Waals surface area contributed by atoms with Crippen LogP contribution >= 0.6 is 23.2 Å². The summed E-state index contributed by atoms with van der Waals surface area (Å²) in [6.45, 7) is 0.358. The molecule has 1 atom stereocenters. The van der Waals surface area contributed by atoms with Gasteiger partial charge in [0, 0.05) is 22.8 Å².